The molecule has 1 saturated carbocycles. The van der Waals surface area contributed by atoms with E-state index in [4.69, 9.17) is 0 Å². The van der Waals surface area contributed by atoms with Crippen LogP contribution in [0.4, 0.5) is 8.78 Å². The molecule has 21 heavy (non-hydrogen) atoms. The van der Waals surface area contributed by atoms with Crippen molar-refractivity contribution in [3.05, 3.63) is 71.3 Å². The van der Waals surface area contributed by atoms with Crippen LogP contribution in [0.15, 0.2) is 48.5 Å². The third kappa shape index (κ3) is 3.10. The van der Waals surface area contributed by atoms with Crippen LogP contribution >= 0.6 is 0 Å². The lowest BCUT2D eigenvalue weighted by Gasteiger charge is -2.23. The molecular formula is C17H15F2NO. The summed E-state index contributed by atoms with van der Waals surface area (Å²) >= 11 is 0. The minimum absolute atomic E-state index is 0.155. The van der Waals surface area contributed by atoms with E-state index < -0.39 is 0 Å². The Hall–Kier alpha value is -2.23. The molecule has 0 saturated heterocycles. The molecule has 4 heteroatoms. The third-order valence-corrected chi connectivity index (χ3v) is 3.64. The zero-order valence-electron chi connectivity index (χ0n) is 11.4. The van der Waals surface area contributed by atoms with Crippen molar-refractivity contribution in [3.8, 4) is 0 Å². The largest absolute Gasteiger partial charge is 0.331 e. The highest BCUT2D eigenvalue weighted by atomic mass is 19.1. The van der Waals surface area contributed by atoms with Crippen LogP contribution in [0.3, 0.4) is 0 Å². The summed E-state index contributed by atoms with van der Waals surface area (Å²) in [5.74, 6) is -0.866. The maximum atomic E-state index is 13.8. The van der Waals surface area contributed by atoms with Crippen molar-refractivity contribution in [3.63, 3.8) is 0 Å². The Bertz CT molecular complexity index is 650. The van der Waals surface area contributed by atoms with Crippen molar-refractivity contribution < 1.29 is 13.6 Å². The third-order valence-electron chi connectivity index (χ3n) is 3.64. The van der Waals surface area contributed by atoms with Crippen molar-refractivity contribution in [2.75, 3.05) is 0 Å². The zero-order chi connectivity index (χ0) is 14.8. The second-order valence-corrected chi connectivity index (χ2v) is 5.26. The number of nitrogens with zero attached hydrogens (tertiary/aromatic N) is 1. The molecule has 1 fully saturated rings. The Morgan fingerprint density at radius 1 is 1.05 bits per heavy atom. The Balaban J connectivity index is 1.83. The highest BCUT2D eigenvalue weighted by molar-refractivity contribution is 5.94. The number of halogens is 2. The van der Waals surface area contributed by atoms with Gasteiger partial charge >= 0.3 is 0 Å². The monoisotopic (exact) mass is 287 g/mol. The molecule has 2 aromatic rings. The Labute approximate surface area is 122 Å². The smallest absolute Gasteiger partial charge is 0.254 e. The van der Waals surface area contributed by atoms with Gasteiger partial charge in [0.25, 0.3) is 5.91 Å². The Morgan fingerprint density at radius 2 is 1.71 bits per heavy atom. The van der Waals surface area contributed by atoms with Gasteiger partial charge < -0.3 is 4.90 Å². The highest BCUT2D eigenvalue weighted by Gasteiger charge is 2.33. The molecule has 1 aliphatic carbocycles. The molecule has 0 radical (unpaired) electrons. The average Bonchev–Trinajstić information content (AvgIpc) is 3.31. The second-order valence-electron chi connectivity index (χ2n) is 5.26. The first-order valence-electron chi connectivity index (χ1n) is 6.95. The molecule has 2 nitrogen and oxygen atoms in total. The molecule has 0 bridgehead atoms. The number of amides is 1. The number of carbonyl (C=O) groups excluding carboxylic acids is 1. The number of hydrogen-bond acceptors (Lipinski definition) is 1. The lowest BCUT2D eigenvalue weighted by Crippen LogP contribution is -2.32. The van der Waals surface area contributed by atoms with Crippen LogP contribution in [-0.4, -0.2) is 16.8 Å². The van der Waals surface area contributed by atoms with Gasteiger partial charge in [-0.05, 0) is 43.2 Å². The summed E-state index contributed by atoms with van der Waals surface area (Å²) < 4.78 is 26.7. The van der Waals surface area contributed by atoms with Gasteiger partial charge in [0.2, 0.25) is 0 Å². The topological polar surface area (TPSA) is 20.3 Å². The van der Waals surface area contributed by atoms with Crippen LogP contribution in [0.25, 0.3) is 0 Å². The molecule has 0 aromatic heterocycles. The minimum atomic E-state index is -0.376. The van der Waals surface area contributed by atoms with Gasteiger partial charge in [0.15, 0.2) is 0 Å². The van der Waals surface area contributed by atoms with E-state index in [1.54, 1.807) is 23.1 Å². The molecule has 0 N–H and O–H groups in total. The van der Waals surface area contributed by atoms with E-state index in [2.05, 4.69) is 0 Å². The van der Waals surface area contributed by atoms with Gasteiger partial charge in [0.05, 0.1) is 0 Å². The van der Waals surface area contributed by atoms with Crippen LogP contribution in [0.1, 0.15) is 28.8 Å². The van der Waals surface area contributed by atoms with Gasteiger partial charge in [0.1, 0.15) is 11.6 Å². The van der Waals surface area contributed by atoms with Crippen LogP contribution in [-0.2, 0) is 6.54 Å². The van der Waals surface area contributed by atoms with E-state index in [9.17, 15) is 13.6 Å². The fraction of sp³-hybridized carbons (Fsp3) is 0.235. The molecule has 2 aromatic carbocycles. The standard InChI is InChI=1S/C17H15F2NO/c18-14-7-5-12(6-8-14)17(21)20(15-9-10-15)11-13-3-1-2-4-16(13)19/h1-8,15H,9-11H2. The molecule has 0 heterocycles. The van der Waals surface area contributed by atoms with Crippen LogP contribution in [0.2, 0.25) is 0 Å². The van der Waals surface area contributed by atoms with Crippen molar-refractivity contribution >= 4 is 5.91 Å². The minimum Gasteiger partial charge on any atom is -0.331 e. The molecule has 108 valence electrons. The average molecular weight is 287 g/mol. The predicted octanol–water partition coefficient (Wildman–Crippen LogP) is 3.77. The molecule has 0 spiro atoms. The van der Waals surface area contributed by atoms with Gasteiger partial charge in [-0.1, -0.05) is 18.2 Å². The SMILES string of the molecule is O=C(c1ccc(F)cc1)N(Cc1ccccc1F)C1CC1. The Kier molecular flexibility index (Phi) is 3.69. The molecule has 0 atom stereocenters. The summed E-state index contributed by atoms with van der Waals surface area (Å²) in [6.45, 7) is 0.244. The van der Waals surface area contributed by atoms with Crippen molar-refractivity contribution in [1.29, 1.82) is 0 Å². The van der Waals surface area contributed by atoms with E-state index in [0.717, 1.165) is 12.8 Å². The fourth-order valence-electron chi connectivity index (χ4n) is 2.32. The lowest BCUT2D eigenvalue weighted by molar-refractivity contribution is 0.0728. The first kappa shape index (κ1) is 13.7. The molecule has 1 aliphatic rings. The number of benzene rings is 2. The lowest BCUT2D eigenvalue weighted by atomic mass is 10.1. The molecule has 0 aliphatic heterocycles. The summed E-state index contributed by atoms with van der Waals surface area (Å²) in [6, 6.07) is 12.1. The molecule has 1 amide bonds. The van der Waals surface area contributed by atoms with Crippen LogP contribution < -0.4 is 0 Å². The number of hydrogen-bond donors (Lipinski definition) is 0. The van der Waals surface area contributed by atoms with Crippen molar-refractivity contribution in [2.45, 2.75) is 25.4 Å². The summed E-state index contributed by atoms with van der Waals surface area (Å²) in [5, 5.41) is 0. The highest BCUT2D eigenvalue weighted by Crippen LogP contribution is 2.30. The molecular weight excluding hydrogens is 272 g/mol. The predicted molar refractivity (Wildman–Crippen MR) is 75.7 cm³/mol. The Morgan fingerprint density at radius 3 is 2.33 bits per heavy atom. The van der Waals surface area contributed by atoms with Crippen molar-refractivity contribution in [1.82, 2.24) is 4.90 Å². The van der Waals surface area contributed by atoms with Gasteiger partial charge in [0, 0.05) is 23.7 Å². The zero-order valence-corrected chi connectivity index (χ0v) is 11.4. The van der Waals surface area contributed by atoms with Crippen molar-refractivity contribution in [2.24, 2.45) is 0 Å². The van der Waals surface area contributed by atoms with E-state index in [-0.39, 0.29) is 30.1 Å². The maximum absolute atomic E-state index is 13.8. The van der Waals surface area contributed by atoms with E-state index in [1.807, 2.05) is 0 Å². The summed E-state index contributed by atoms with van der Waals surface area (Å²) in [5.41, 5.74) is 0.930. The van der Waals surface area contributed by atoms with Gasteiger partial charge in [-0.15, -0.1) is 0 Å². The molecule has 3 rings (SSSR count). The first-order valence-corrected chi connectivity index (χ1v) is 6.95. The van der Waals surface area contributed by atoms with E-state index in [0.29, 0.717) is 11.1 Å². The summed E-state index contributed by atoms with van der Waals surface area (Å²) in [7, 11) is 0. The quantitative estimate of drug-likeness (QED) is 0.838. The fourth-order valence-corrected chi connectivity index (χ4v) is 2.32. The normalized spacial score (nSPS) is 14.0. The first-order chi connectivity index (χ1) is 10.1. The van der Waals surface area contributed by atoms with Gasteiger partial charge in [-0.2, -0.15) is 0 Å². The second kappa shape index (κ2) is 5.64. The summed E-state index contributed by atoms with van der Waals surface area (Å²) in [4.78, 5) is 14.2. The van der Waals surface area contributed by atoms with Crippen LogP contribution in [0, 0.1) is 11.6 Å². The van der Waals surface area contributed by atoms with E-state index in [1.165, 1.54) is 30.3 Å². The number of carbonyl (C=O) groups is 1. The van der Waals surface area contributed by atoms with Crippen LogP contribution in [0.5, 0.6) is 0 Å². The number of rotatable bonds is 4. The van der Waals surface area contributed by atoms with Gasteiger partial charge in [-0.3, -0.25) is 4.79 Å². The molecule has 0 unspecified atom stereocenters. The summed E-state index contributed by atoms with van der Waals surface area (Å²) in [6.07, 6.45) is 1.86. The van der Waals surface area contributed by atoms with E-state index >= 15 is 0 Å². The maximum Gasteiger partial charge on any atom is 0.254 e. The van der Waals surface area contributed by atoms with Gasteiger partial charge in [-0.25, -0.2) is 8.78 Å².